The van der Waals surface area contributed by atoms with Gasteiger partial charge >= 0.3 is 0 Å². The first-order valence-electron chi connectivity index (χ1n) is 3.78. The number of furan rings is 1. The summed E-state index contributed by atoms with van der Waals surface area (Å²) < 4.78 is 17.7. The van der Waals surface area contributed by atoms with Gasteiger partial charge < -0.3 is 9.52 Å². The predicted octanol–water partition coefficient (Wildman–Crippen LogP) is 2.79. The van der Waals surface area contributed by atoms with E-state index < -0.39 is 5.82 Å². The van der Waals surface area contributed by atoms with Gasteiger partial charge in [0.25, 0.3) is 0 Å². The fourth-order valence-corrected chi connectivity index (χ4v) is 1.12. The van der Waals surface area contributed by atoms with Crippen molar-refractivity contribution < 1.29 is 13.9 Å². The van der Waals surface area contributed by atoms with Crippen LogP contribution < -0.4 is 0 Å². The number of hydrogen-bond donors (Lipinski definition) is 1. The van der Waals surface area contributed by atoms with Gasteiger partial charge in [0.2, 0.25) is 0 Å². The zero-order chi connectivity index (χ0) is 9.26. The highest BCUT2D eigenvalue weighted by atomic mass is 19.1. The van der Waals surface area contributed by atoms with E-state index >= 15 is 0 Å². The van der Waals surface area contributed by atoms with Gasteiger partial charge in [0.1, 0.15) is 0 Å². The van der Waals surface area contributed by atoms with Crippen LogP contribution in [0, 0.1) is 5.82 Å². The summed E-state index contributed by atoms with van der Waals surface area (Å²) in [6.45, 7) is 0. The molecule has 0 bridgehead atoms. The van der Waals surface area contributed by atoms with E-state index in [-0.39, 0.29) is 5.75 Å². The van der Waals surface area contributed by atoms with Crippen molar-refractivity contribution in [3.63, 3.8) is 0 Å². The van der Waals surface area contributed by atoms with Gasteiger partial charge in [-0.25, -0.2) is 4.39 Å². The summed E-state index contributed by atoms with van der Waals surface area (Å²) in [5.41, 5.74) is 1.47. The number of phenols is 1. The van der Waals surface area contributed by atoms with Crippen LogP contribution in [0.4, 0.5) is 4.39 Å². The molecule has 13 heavy (non-hydrogen) atoms. The third-order valence-electron chi connectivity index (χ3n) is 1.80. The molecule has 0 fully saturated rings. The Labute approximate surface area is 74.2 Å². The summed E-state index contributed by atoms with van der Waals surface area (Å²) >= 11 is 0. The van der Waals surface area contributed by atoms with Gasteiger partial charge in [-0.15, -0.1) is 0 Å². The standard InChI is InChI=1S/C10H7FO2/c11-9-5-7(1-2-10(9)12)8-3-4-13-6-8/h1-6,12H. The molecule has 0 aliphatic heterocycles. The highest BCUT2D eigenvalue weighted by molar-refractivity contribution is 5.62. The minimum absolute atomic E-state index is 0.341. The molecule has 1 aromatic carbocycles. The number of aromatic hydroxyl groups is 1. The topological polar surface area (TPSA) is 33.4 Å². The molecule has 0 amide bonds. The normalized spacial score (nSPS) is 10.2. The Balaban J connectivity index is 2.49. The quantitative estimate of drug-likeness (QED) is 0.728. The monoisotopic (exact) mass is 178 g/mol. The number of benzene rings is 1. The van der Waals surface area contributed by atoms with Gasteiger partial charge in [0.15, 0.2) is 11.6 Å². The molecule has 2 rings (SSSR count). The van der Waals surface area contributed by atoms with E-state index in [0.29, 0.717) is 5.56 Å². The van der Waals surface area contributed by atoms with E-state index in [0.717, 1.165) is 5.56 Å². The van der Waals surface area contributed by atoms with Crippen LogP contribution in [0.25, 0.3) is 11.1 Å². The minimum atomic E-state index is -0.626. The average Bonchev–Trinajstić information content (AvgIpc) is 2.62. The third kappa shape index (κ3) is 1.40. The molecule has 1 aromatic heterocycles. The van der Waals surface area contributed by atoms with Gasteiger partial charge in [-0.2, -0.15) is 0 Å². The van der Waals surface area contributed by atoms with Crippen LogP contribution in [-0.4, -0.2) is 5.11 Å². The van der Waals surface area contributed by atoms with Crippen molar-refractivity contribution in [3.8, 4) is 16.9 Å². The maximum absolute atomic E-state index is 12.9. The first-order valence-corrected chi connectivity index (χ1v) is 3.78. The first kappa shape index (κ1) is 7.86. The van der Waals surface area contributed by atoms with Crippen molar-refractivity contribution in [2.75, 3.05) is 0 Å². The number of phenolic OH excluding ortho intramolecular Hbond substituents is 1. The Bertz CT molecular complexity index is 407. The first-order chi connectivity index (χ1) is 6.27. The Morgan fingerprint density at radius 3 is 2.62 bits per heavy atom. The maximum Gasteiger partial charge on any atom is 0.165 e. The lowest BCUT2D eigenvalue weighted by Gasteiger charge is -1.98. The molecule has 0 spiro atoms. The molecule has 0 saturated heterocycles. The van der Waals surface area contributed by atoms with Gasteiger partial charge in [0, 0.05) is 5.56 Å². The second kappa shape index (κ2) is 2.94. The van der Waals surface area contributed by atoms with Crippen LogP contribution in [-0.2, 0) is 0 Å². The summed E-state index contributed by atoms with van der Waals surface area (Å²) in [6.07, 6.45) is 3.03. The van der Waals surface area contributed by atoms with E-state index in [1.807, 2.05) is 0 Å². The minimum Gasteiger partial charge on any atom is -0.505 e. The van der Waals surface area contributed by atoms with Gasteiger partial charge in [-0.05, 0) is 23.8 Å². The summed E-state index contributed by atoms with van der Waals surface area (Å²) in [6, 6.07) is 5.94. The zero-order valence-corrected chi connectivity index (χ0v) is 6.70. The summed E-state index contributed by atoms with van der Waals surface area (Å²) in [5.74, 6) is -0.967. The van der Waals surface area contributed by atoms with Crippen LogP contribution in [0.2, 0.25) is 0 Å². The lowest BCUT2D eigenvalue weighted by molar-refractivity contribution is 0.432. The largest absolute Gasteiger partial charge is 0.505 e. The van der Waals surface area contributed by atoms with E-state index in [9.17, 15) is 4.39 Å². The molecule has 3 heteroatoms. The molecule has 1 heterocycles. The van der Waals surface area contributed by atoms with E-state index in [4.69, 9.17) is 9.52 Å². The molecule has 2 nitrogen and oxygen atoms in total. The van der Waals surface area contributed by atoms with Crippen LogP contribution in [0.3, 0.4) is 0 Å². The Kier molecular flexibility index (Phi) is 1.77. The molecule has 66 valence electrons. The maximum atomic E-state index is 12.9. The molecule has 0 radical (unpaired) electrons. The van der Waals surface area contributed by atoms with Crippen LogP contribution in [0.5, 0.6) is 5.75 Å². The lowest BCUT2D eigenvalue weighted by Crippen LogP contribution is -1.78. The summed E-state index contributed by atoms with van der Waals surface area (Å²) in [4.78, 5) is 0. The summed E-state index contributed by atoms with van der Waals surface area (Å²) in [7, 11) is 0. The number of hydrogen-bond acceptors (Lipinski definition) is 2. The predicted molar refractivity (Wildman–Crippen MR) is 45.8 cm³/mol. The second-order valence-corrected chi connectivity index (χ2v) is 2.68. The molecule has 0 aliphatic rings. The van der Waals surface area contributed by atoms with Crippen molar-refractivity contribution in [3.05, 3.63) is 42.6 Å². The molecule has 0 atom stereocenters. The molecule has 1 N–H and O–H groups in total. The van der Waals surface area contributed by atoms with Gasteiger partial charge in [-0.1, -0.05) is 6.07 Å². The zero-order valence-electron chi connectivity index (χ0n) is 6.70. The van der Waals surface area contributed by atoms with E-state index in [2.05, 4.69) is 0 Å². The van der Waals surface area contributed by atoms with Crippen LogP contribution >= 0.6 is 0 Å². The van der Waals surface area contributed by atoms with Gasteiger partial charge in [0.05, 0.1) is 12.5 Å². The SMILES string of the molecule is Oc1ccc(-c2ccoc2)cc1F. The molecular weight excluding hydrogens is 171 g/mol. The molecule has 0 aliphatic carbocycles. The number of rotatable bonds is 1. The lowest BCUT2D eigenvalue weighted by atomic mass is 10.1. The molecule has 2 aromatic rings. The highest BCUT2D eigenvalue weighted by Gasteiger charge is 2.03. The van der Waals surface area contributed by atoms with E-state index in [1.54, 1.807) is 12.1 Å². The number of halogens is 1. The van der Waals surface area contributed by atoms with Crippen molar-refractivity contribution in [1.29, 1.82) is 0 Å². The third-order valence-corrected chi connectivity index (χ3v) is 1.80. The fourth-order valence-electron chi connectivity index (χ4n) is 1.12. The molecule has 0 unspecified atom stereocenters. The fraction of sp³-hybridized carbons (Fsp3) is 0. The van der Waals surface area contributed by atoms with Crippen LogP contribution in [0.1, 0.15) is 0 Å². The Morgan fingerprint density at radius 2 is 2.00 bits per heavy atom. The van der Waals surface area contributed by atoms with Crippen molar-refractivity contribution in [1.82, 2.24) is 0 Å². The molecular formula is C10H7FO2. The smallest absolute Gasteiger partial charge is 0.165 e. The Hall–Kier alpha value is -1.77. The van der Waals surface area contributed by atoms with Crippen molar-refractivity contribution >= 4 is 0 Å². The van der Waals surface area contributed by atoms with E-state index in [1.165, 1.54) is 24.7 Å². The van der Waals surface area contributed by atoms with Gasteiger partial charge in [-0.3, -0.25) is 0 Å². The van der Waals surface area contributed by atoms with Crippen LogP contribution in [0.15, 0.2) is 41.2 Å². The van der Waals surface area contributed by atoms with Crippen molar-refractivity contribution in [2.45, 2.75) is 0 Å². The average molecular weight is 178 g/mol. The molecule has 0 saturated carbocycles. The highest BCUT2D eigenvalue weighted by Crippen LogP contribution is 2.24. The Morgan fingerprint density at radius 1 is 1.15 bits per heavy atom. The summed E-state index contributed by atoms with van der Waals surface area (Å²) in [5, 5.41) is 8.94. The second-order valence-electron chi connectivity index (χ2n) is 2.68. The van der Waals surface area contributed by atoms with Crippen molar-refractivity contribution in [2.24, 2.45) is 0 Å².